The molecule has 0 aliphatic carbocycles. The van der Waals surface area contributed by atoms with Crippen molar-refractivity contribution in [2.24, 2.45) is 5.92 Å². The second kappa shape index (κ2) is 12.1. The Morgan fingerprint density at radius 1 is 1.07 bits per heavy atom. The van der Waals surface area contributed by atoms with E-state index < -0.39 is 53.9 Å². The Kier molecular flexibility index (Phi) is 8.79. The number of halogens is 6. The highest BCUT2D eigenvalue weighted by Crippen LogP contribution is 2.36. The van der Waals surface area contributed by atoms with Crippen molar-refractivity contribution < 1.29 is 45.7 Å². The maximum absolute atomic E-state index is 13.3. The number of alkyl halides is 6. The van der Waals surface area contributed by atoms with Gasteiger partial charge in [0.05, 0.1) is 30.8 Å². The highest BCUT2D eigenvalue weighted by Gasteiger charge is 2.48. The van der Waals surface area contributed by atoms with Gasteiger partial charge in [-0.15, -0.1) is 0 Å². The topological polar surface area (TPSA) is 103 Å². The van der Waals surface area contributed by atoms with Gasteiger partial charge in [0.15, 0.2) is 0 Å². The third-order valence-corrected chi connectivity index (χ3v) is 6.22. The summed E-state index contributed by atoms with van der Waals surface area (Å²) in [5.74, 6) is -0.908. The molecule has 0 bridgehead atoms. The van der Waals surface area contributed by atoms with Gasteiger partial charge in [0.1, 0.15) is 17.9 Å². The third-order valence-electron chi connectivity index (χ3n) is 6.22. The highest BCUT2D eigenvalue weighted by atomic mass is 19.3. The number of carbonyl (C=O) groups excluding carboxylic acids is 1. The van der Waals surface area contributed by atoms with Crippen molar-refractivity contribution in [1.29, 1.82) is 0 Å². The molecule has 1 aliphatic heterocycles. The van der Waals surface area contributed by atoms with Crippen LogP contribution in [0.3, 0.4) is 0 Å². The molecule has 2 aromatic carbocycles. The molecule has 0 saturated carbocycles. The quantitative estimate of drug-likeness (QED) is 0.341. The Morgan fingerprint density at radius 2 is 1.73 bits per heavy atom. The van der Waals surface area contributed by atoms with Crippen LogP contribution in [-0.2, 0) is 10.3 Å². The van der Waals surface area contributed by atoms with Gasteiger partial charge in [-0.05, 0) is 29.8 Å². The number of amides is 1. The lowest BCUT2D eigenvalue weighted by Gasteiger charge is -2.27. The predicted molar refractivity (Wildman–Crippen MR) is 129 cm³/mol. The van der Waals surface area contributed by atoms with Crippen LogP contribution >= 0.6 is 0 Å². The van der Waals surface area contributed by atoms with Gasteiger partial charge in [-0.3, -0.25) is 9.59 Å². The zero-order valence-corrected chi connectivity index (χ0v) is 20.6. The monoisotopic (exact) mass is 571 g/mol. The first-order valence-electron chi connectivity index (χ1n) is 11.9. The second-order valence-corrected chi connectivity index (χ2v) is 8.93. The lowest BCUT2D eigenvalue weighted by atomic mass is 9.94. The fraction of sp³-hybridized carbons (Fsp3) is 0.346. The maximum atomic E-state index is 13.3. The summed E-state index contributed by atoms with van der Waals surface area (Å²) in [5.41, 5.74) is -5.94. The molecule has 214 valence electrons. The van der Waals surface area contributed by atoms with Gasteiger partial charge in [-0.25, -0.2) is 31.0 Å². The molecule has 1 aliphatic rings. The van der Waals surface area contributed by atoms with E-state index >= 15 is 0 Å². The Bertz CT molecular complexity index is 1390. The molecule has 40 heavy (non-hydrogen) atoms. The van der Waals surface area contributed by atoms with Crippen LogP contribution in [0.4, 0.5) is 26.3 Å². The van der Waals surface area contributed by atoms with Crippen molar-refractivity contribution in [3.63, 3.8) is 0 Å². The number of ether oxygens (including phenoxy) is 2. The molecule has 0 radical (unpaired) electrons. The summed E-state index contributed by atoms with van der Waals surface area (Å²) in [5, 5.41) is 16.6. The number of nitrogens with zero attached hydrogens (tertiary/aromatic N) is 2. The molecule has 1 aromatic heterocycles. The Hall–Kier alpha value is -3.91. The number of hydrogen-bond donors (Lipinski definition) is 2. The van der Waals surface area contributed by atoms with Crippen LogP contribution in [0.25, 0.3) is 16.9 Å². The van der Waals surface area contributed by atoms with Gasteiger partial charge < -0.3 is 19.9 Å². The van der Waals surface area contributed by atoms with Crippen LogP contribution in [0.5, 0.6) is 5.75 Å². The molecule has 2 heterocycles. The van der Waals surface area contributed by atoms with Gasteiger partial charge in [-0.1, -0.05) is 24.3 Å². The molecule has 4 rings (SSSR count). The fourth-order valence-electron chi connectivity index (χ4n) is 4.00. The van der Waals surface area contributed by atoms with Crippen molar-refractivity contribution in [3.8, 4) is 22.7 Å². The predicted octanol–water partition coefficient (Wildman–Crippen LogP) is 3.64. The number of hydrogen-bond acceptors (Lipinski definition) is 6. The Balaban J connectivity index is 1.87. The second-order valence-electron chi connectivity index (χ2n) is 8.93. The summed E-state index contributed by atoms with van der Waals surface area (Å²) in [6, 6.07) is 9.49. The largest absolute Gasteiger partial charge is 0.487 e. The van der Waals surface area contributed by atoms with Crippen LogP contribution in [0, 0.1) is 5.92 Å². The third kappa shape index (κ3) is 5.82. The summed E-state index contributed by atoms with van der Waals surface area (Å²) in [4.78, 5) is 26.2. The number of aromatic nitrogens is 2. The minimum Gasteiger partial charge on any atom is -0.487 e. The molecular weight excluding hydrogens is 548 g/mol. The van der Waals surface area contributed by atoms with E-state index in [4.69, 9.17) is 9.47 Å². The molecule has 1 saturated heterocycles. The first-order chi connectivity index (χ1) is 19.0. The molecule has 0 atom stereocenters. The SMILES string of the molecule is O=C(NCC1COC1)c1c(-c2ccccc2OCC(F)F)n(-c2ccc(C(O)(C(F)F)C(F)F)cc2)ncc1=O. The van der Waals surface area contributed by atoms with E-state index in [2.05, 4.69) is 10.4 Å². The van der Waals surface area contributed by atoms with E-state index in [1.54, 1.807) is 0 Å². The zero-order chi connectivity index (χ0) is 29.0. The lowest BCUT2D eigenvalue weighted by Crippen LogP contribution is -2.41. The van der Waals surface area contributed by atoms with Crippen LogP contribution in [0.15, 0.2) is 59.5 Å². The van der Waals surface area contributed by atoms with E-state index in [1.807, 2.05) is 0 Å². The molecular formula is C26H23F6N3O5. The van der Waals surface area contributed by atoms with Crippen LogP contribution in [0.1, 0.15) is 15.9 Å². The Morgan fingerprint density at radius 3 is 2.30 bits per heavy atom. The van der Waals surface area contributed by atoms with Gasteiger partial charge in [-0.2, -0.15) is 5.10 Å². The van der Waals surface area contributed by atoms with Gasteiger partial charge in [0, 0.05) is 18.0 Å². The summed E-state index contributed by atoms with van der Waals surface area (Å²) in [6.45, 7) is -0.000744. The number of nitrogens with one attached hydrogen (secondary N) is 1. The van der Waals surface area contributed by atoms with E-state index in [0.717, 1.165) is 35.1 Å². The molecule has 14 heteroatoms. The molecule has 2 N–H and O–H groups in total. The molecule has 3 aromatic rings. The maximum Gasteiger partial charge on any atom is 0.276 e. The normalized spacial score (nSPS) is 14.1. The first kappa shape index (κ1) is 29.1. The van der Waals surface area contributed by atoms with E-state index in [1.165, 1.54) is 24.3 Å². The molecule has 1 amide bonds. The summed E-state index contributed by atoms with van der Waals surface area (Å²) in [6.07, 6.45) is -9.65. The molecule has 0 spiro atoms. The van der Waals surface area contributed by atoms with Crippen molar-refractivity contribution >= 4 is 5.91 Å². The smallest absolute Gasteiger partial charge is 0.276 e. The number of rotatable bonds is 11. The van der Waals surface area contributed by atoms with Gasteiger partial charge in [0.2, 0.25) is 11.0 Å². The number of aliphatic hydroxyl groups is 1. The van der Waals surface area contributed by atoms with Crippen molar-refractivity contribution in [3.05, 3.63) is 76.1 Å². The Labute approximate surface area is 223 Å². The minimum absolute atomic E-state index is 0.00902. The van der Waals surface area contributed by atoms with E-state index in [9.17, 15) is 41.0 Å². The zero-order valence-electron chi connectivity index (χ0n) is 20.6. The number of benzene rings is 2. The first-order valence-corrected chi connectivity index (χ1v) is 11.9. The summed E-state index contributed by atoms with van der Waals surface area (Å²) < 4.78 is 90.6. The summed E-state index contributed by atoms with van der Waals surface area (Å²) >= 11 is 0. The van der Waals surface area contributed by atoms with Crippen molar-refractivity contribution in [2.45, 2.75) is 24.9 Å². The van der Waals surface area contributed by atoms with Crippen molar-refractivity contribution in [2.75, 3.05) is 26.4 Å². The van der Waals surface area contributed by atoms with E-state index in [0.29, 0.717) is 13.2 Å². The molecule has 0 unspecified atom stereocenters. The highest BCUT2D eigenvalue weighted by molar-refractivity contribution is 6.00. The molecule has 1 fully saturated rings. The number of carbonyl (C=O) groups is 1. The van der Waals surface area contributed by atoms with Crippen LogP contribution in [-0.4, -0.2) is 66.4 Å². The minimum atomic E-state index is -3.81. The van der Waals surface area contributed by atoms with Crippen LogP contribution < -0.4 is 15.5 Å². The van der Waals surface area contributed by atoms with Gasteiger partial charge >= 0.3 is 0 Å². The number of para-hydroxylation sites is 1. The van der Waals surface area contributed by atoms with Crippen molar-refractivity contribution in [1.82, 2.24) is 15.1 Å². The summed E-state index contributed by atoms with van der Waals surface area (Å²) in [7, 11) is 0. The van der Waals surface area contributed by atoms with E-state index in [-0.39, 0.29) is 35.2 Å². The lowest BCUT2D eigenvalue weighted by molar-refractivity contribution is -0.183. The standard InChI is InChI=1S/C26H23F6N3O5/c27-20(28)13-40-19-4-2-1-3-17(19)22-21(23(37)33-9-14-11-39-12-14)18(36)10-34-35(22)16-7-5-15(6-8-16)26(38,24(29)30)25(31)32/h1-8,10,14,20,24-25,38H,9,11-13H2,(H,33,37). The van der Waals surface area contributed by atoms with Gasteiger partial charge in [0.25, 0.3) is 25.2 Å². The van der Waals surface area contributed by atoms with Crippen LogP contribution in [0.2, 0.25) is 0 Å². The fourth-order valence-corrected chi connectivity index (χ4v) is 4.00. The molecule has 8 nitrogen and oxygen atoms in total. The average molecular weight is 571 g/mol. The average Bonchev–Trinajstić information content (AvgIpc) is 2.90.